The summed E-state index contributed by atoms with van der Waals surface area (Å²) >= 11 is 4.18. The van der Waals surface area contributed by atoms with Crippen LogP contribution in [0.25, 0.3) is 0 Å². The summed E-state index contributed by atoms with van der Waals surface area (Å²) in [6.45, 7) is 4.11. The molecule has 0 aromatic carbocycles. The minimum Gasteiger partial charge on any atom is -0.176 e. The van der Waals surface area contributed by atoms with E-state index in [4.69, 9.17) is 0 Å². The number of thiol groups is 1. The van der Waals surface area contributed by atoms with Crippen molar-refractivity contribution in [3.63, 3.8) is 0 Å². The van der Waals surface area contributed by atoms with Gasteiger partial charge in [0, 0.05) is 5.25 Å². The number of hydrogen-bond acceptors (Lipinski definition) is 1. The Morgan fingerprint density at radius 3 is 2.43 bits per heavy atom. The standard InChI is InChI=1S/C6H12S/c1-3-4-5-6(2)7/h3-4,6-7H,5H2,1-2H3/b4-3+. The molecular weight excluding hydrogens is 104 g/mol. The molecule has 0 aliphatic carbocycles. The van der Waals surface area contributed by atoms with E-state index in [2.05, 4.69) is 25.6 Å². The van der Waals surface area contributed by atoms with Gasteiger partial charge in [-0.1, -0.05) is 19.1 Å². The summed E-state index contributed by atoms with van der Waals surface area (Å²) in [4.78, 5) is 0. The molecule has 0 amide bonds. The Labute approximate surface area is 51.0 Å². The van der Waals surface area contributed by atoms with Crippen LogP contribution in [0.5, 0.6) is 0 Å². The van der Waals surface area contributed by atoms with Gasteiger partial charge in [0.1, 0.15) is 0 Å². The highest BCUT2D eigenvalue weighted by atomic mass is 32.1. The number of allylic oxidation sites excluding steroid dienone is 2. The van der Waals surface area contributed by atoms with Crippen LogP contribution in [0.15, 0.2) is 12.2 Å². The molecule has 7 heavy (non-hydrogen) atoms. The van der Waals surface area contributed by atoms with Crippen molar-refractivity contribution in [2.24, 2.45) is 0 Å². The van der Waals surface area contributed by atoms with Gasteiger partial charge in [0.2, 0.25) is 0 Å². The van der Waals surface area contributed by atoms with E-state index in [0.29, 0.717) is 5.25 Å². The van der Waals surface area contributed by atoms with Gasteiger partial charge >= 0.3 is 0 Å². The van der Waals surface area contributed by atoms with Gasteiger partial charge in [-0.3, -0.25) is 0 Å². The van der Waals surface area contributed by atoms with E-state index in [1.165, 1.54) is 0 Å². The Morgan fingerprint density at radius 2 is 2.29 bits per heavy atom. The molecule has 1 unspecified atom stereocenters. The highest BCUT2D eigenvalue weighted by Crippen LogP contribution is 1.98. The maximum Gasteiger partial charge on any atom is 0.00229 e. The molecule has 0 N–H and O–H groups in total. The van der Waals surface area contributed by atoms with Crippen molar-refractivity contribution in [1.29, 1.82) is 0 Å². The number of rotatable bonds is 2. The quantitative estimate of drug-likeness (QED) is 0.415. The van der Waals surface area contributed by atoms with E-state index in [-0.39, 0.29) is 0 Å². The predicted octanol–water partition coefficient (Wildman–Crippen LogP) is 2.27. The maximum absolute atomic E-state index is 4.18. The normalized spacial score (nSPS) is 15.3. The highest BCUT2D eigenvalue weighted by molar-refractivity contribution is 7.80. The second kappa shape index (κ2) is 4.25. The van der Waals surface area contributed by atoms with E-state index in [1.807, 2.05) is 13.0 Å². The molecule has 0 nitrogen and oxygen atoms in total. The maximum atomic E-state index is 4.18. The minimum absolute atomic E-state index is 0.510. The lowest BCUT2D eigenvalue weighted by molar-refractivity contribution is 0.988. The van der Waals surface area contributed by atoms with Gasteiger partial charge in [-0.05, 0) is 13.3 Å². The Kier molecular flexibility index (Phi) is 4.31. The third-order valence-corrected chi connectivity index (χ3v) is 0.924. The fourth-order valence-electron chi connectivity index (χ4n) is 0.333. The summed E-state index contributed by atoms with van der Waals surface area (Å²) in [7, 11) is 0. The summed E-state index contributed by atoms with van der Waals surface area (Å²) < 4.78 is 0. The van der Waals surface area contributed by atoms with Crippen molar-refractivity contribution in [1.82, 2.24) is 0 Å². The fraction of sp³-hybridized carbons (Fsp3) is 0.667. The molecule has 0 aliphatic rings. The molecule has 1 atom stereocenters. The molecule has 0 spiro atoms. The summed E-state index contributed by atoms with van der Waals surface area (Å²) in [5.74, 6) is 0. The zero-order chi connectivity index (χ0) is 5.70. The fourth-order valence-corrected chi connectivity index (χ4v) is 0.455. The van der Waals surface area contributed by atoms with Crippen molar-refractivity contribution in [2.75, 3.05) is 0 Å². The molecule has 0 rings (SSSR count). The van der Waals surface area contributed by atoms with E-state index in [9.17, 15) is 0 Å². The lowest BCUT2D eigenvalue weighted by Crippen LogP contribution is -1.84. The van der Waals surface area contributed by atoms with Gasteiger partial charge in [-0.15, -0.1) is 0 Å². The lowest BCUT2D eigenvalue weighted by Gasteiger charge is -1.93. The molecule has 0 aromatic rings. The molecule has 0 saturated heterocycles. The van der Waals surface area contributed by atoms with Crippen LogP contribution < -0.4 is 0 Å². The van der Waals surface area contributed by atoms with Crippen molar-refractivity contribution >= 4 is 12.6 Å². The molecule has 0 aliphatic heterocycles. The third-order valence-electron chi connectivity index (χ3n) is 0.713. The van der Waals surface area contributed by atoms with Crippen LogP contribution in [-0.4, -0.2) is 5.25 Å². The Balaban J connectivity index is 2.97. The predicted molar refractivity (Wildman–Crippen MR) is 37.9 cm³/mol. The molecule has 0 fully saturated rings. The van der Waals surface area contributed by atoms with Crippen LogP contribution >= 0.6 is 12.6 Å². The summed E-state index contributed by atoms with van der Waals surface area (Å²) in [6, 6.07) is 0. The van der Waals surface area contributed by atoms with Crippen LogP contribution in [0.3, 0.4) is 0 Å². The first-order valence-corrected chi connectivity index (χ1v) is 3.08. The molecule has 0 radical (unpaired) electrons. The van der Waals surface area contributed by atoms with Gasteiger partial charge in [-0.2, -0.15) is 12.6 Å². The van der Waals surface area contributed by atoms with Crippen LogP contribution in [0.2, 0.25) is 0 Å². The summed E-state index contributed by atoms with van der Waals surface area (Å²) in [6.07, 6.45) is 5.25. The first-order chi connectivity index (χ1) is 3.27. The van der Waals surface area contributed by atoms with Crippen molar-refractivity contribution in [3.05, 3.63) is 12.2 Å². The molecule has 42 valence electrons. The first kappa shape index (κ1) is 7.09. The van der Waals surface area contributed by atoms with Crippen LogP contribution in [0.1, 0.15) is 20.3 Å². The largest absolute Gasteiger partial charge is 0.176 e. The van der Waals surface area contributed by atoms with E-state index in [1.54, 1.807) is 0 Å². The number of hydrogen-bond donors (Lipinski definition) is 1. The van der Waals surface area contributed by atoms with Crippen molar-refractivity contribution in [2.45, 2.75) is 25.5 Å². The second-order valence-electron chi connectivity index (χ2n) is 1.65. The van der Waals surface area contributed by atoms with Crippen LogP contribution in [0, 0.1) is 0 Å². The van der Waals surface area contributed by atoms with Crippen molar-refractivity contribution in [3.8, 4) is 0 Å². The first-order valence-electron chi connectivity index (χ1n) is 2.56. The van der Waals surface area contributed by atoms with Gasteiger partial charge in [0.15, 0.2) is 0 Å². The van der Waals surface area contributed by atoms with Gasteiger partial charge < -0.3 is 0 Å². The summed E-state index contributed by atoms with van der Waals surface area (Å²) in [5, 5.41) is 0.510. The Bertz CT molecular complexity index is 55.2. The van der Waals surface area contributed by atoms with Gasteiger partial charge in [0.05, 0.1) is 0 Å². The molecular formula is C6H12S. The zero-order valence-electron chi connectivity index (χ0n) is 4.89. The van der Waals surface area contributed by atoms with Crippen molar-refractivity contribution < 1.29 is 0 Å². The monoisotopic (exact) mass is 116 g/mol. The molecule has 0 bridgehead atoms. The summed E-state index contributed by atoms with van der Waals surface area (Å²) in [5.41, 5.74) is 0. The SMILES string of the molecule is C/C=C/CC(C)S. The molecule has 0 aromatic heterocycles. The Hall–Kier alpha value is 0.0900. The topological polar surface area (TPSA) is 0 Å². The van der Waals surface area contributed by atoms with Crippen LogP contribution in [0.4, 0.5) is 0 Å². The van der Waals surface area contributed by atoms with Crippen LogP contribution in [-0.2, 0) is 0 Å². The zero-order valence-corrected chi connectivity index (χ0v) is 5.78. The van der Waals surface area contributed by atoms with Gasteiger partial charge in [-0.25, -0.2) is 0 Å². The lowest BCUT2D eigenvalue weighted by atomic mass is 10.3. The Morgan fingerprint density at radius 1 is 1.71 bits per heavy atom. The minimum atomic E-state index is 0.510. The average Bonchev–Trinajstić information content (AvgIpc) is 1.61. The molecule has 0 saturated carbocycles. The molecule has 1 heteroatoms. The van der Waals surface area contributed by atoms with E-state index < -0.39 is 0 Å². The highest BCUT2D eigenvalue weighted by Gasteiger charge is 1.84. The second-order valence-corrected chi connectivity index (χ2v) is 2.54. The molecule has 0 heterocycles. The van der Waals surface area contributed by atoms with E-state index in [0.717, 1.165) is 6.42 Å². The van der Waals surface area contributed by atoms with E-state index >= 15 is 0 Å². The van der Waals surface area contributed by atoms with Gasteiger partial charge in [0.25, 0.3) is 0 Å². The smallest absolute Gasteiger partial charge is 0.00229 e. The average molecular weight is 116 g/mol. The third kappa shape index (κ3) is 6.09.